The number of fused-ring (bicyclic) bond motifs is 1. The Morgan fingerprint density at radius 2 is 2.06 bits per heavy atom. The minimum Gasteiger partial charge on any atom is -0.396 e. The normalized spacial score (nSPS) is 10.8. The van der Waals surface area contributed by atoms with Crippen LogP contribution in [0.15, 0.2) is 43.0 Å². The Bertz CT molecular complexity index is 629. The molecular weight excluding hydrogens is 202 g/mol. The predicted molar refractivity (Wildman–Crippen MR) is 60.6 cm³/mol. The SMILES string of the molecule is Nc1cnc2c(-c3ccccn3)cnn2c1. The van der Waals surface area contributed by atoms with E-state index in [2.05, 4.69) is 15.1 Å². The smallest absolute Gasteiger partial charge is 0.164 e. The third-order valence-corrected chi connectivity index (χ3v) is 2.32. The number of nitrogen functional groups attached to an aromatic ring is 1. The lowest BCUT2D eigenvalue weighted by atomic mass is 10.2. The summed E-state index contributed by atoms with van der Waals surface area (Å²) in [5.41, 5.74) is 8.74. The van der Waals surface area contributed by atoms with Gasteiger partial charge in [-0.25, -0.2) is 9.50 Å². The van der Waals surface area contributed by atoms with Gasteiger partial charge >= 0.3 is 0 Å². The van der Waals surface area contributed by atoms with E-state index in [1.165, 1.54) is 0 Å². The number of rotatable bonds is 1. The molecule has 0 aliphatic rings. The summed E-state index contributed by atoms with van der Waals surface area (Å²) in [5, 5.41) is 4.19. The van der Waals surface area contributed by atoms with Gasteiger partial charge in [-0.3, -0.25) is 4.98 Å². The van der Waals surface area contributed by atoms with Crippen LogP contribution in [0, 0.1) is 0 Å². The Labute approximate surface area is 91.6 Å². The molecule has 3 aromatic heterocycles. The van der Waals surface area contributed by atoms with Crippen LogP contribution in [0.4, 0.5) is 5.69 Å². The van der Waals surface area contributed by atoms with Gasteiger partial charge in [-0.2, -0.15) is 5.10 Å². The monoisotopic (exact) mass is 211 g/mol. The molecule has 0 spiro atoms. The number of pyridine rings is 1. The molecular formula is C11H9N5. The molecule has 0 radical (unpaired) electrons. The molecule has 0 aliphatic heterocycles. The van der Waals surface area contributed by atoms with Gasteiger partial charge in [0.1, 0.15) is 0 Å². The highest BCUT2D eigenvalue weighted by molar-refractivity contribution is 5.74. The van der Waals surface area contributed by atoms with Crippen LogP contribution in [0.25, 0.3) is 16.9 Å². The van der Waals surface area contributed by atoms with Gasteiger partial charge in [0.15, 0.2) is 5.65 Å². The van der Waals surface area contributed by atoms with Crippen molar-refractivity contribution in [2.75, 3.05) is 5.73 Å². The molecule has 78 valence electrons. The standard InChI is InChI=1S/C11H9N5/c12-8-5-14-11-9(6-15-16(11)7-8)10-3-1-2-4-13-10/h1-7H,12H2. The van der Waals surface area contributed by atoms with Crippen LogP contribution in [0.5, 0.6) is 0 Å². The molecule has 5 heteroatoms. The van der Waals surface area contributed by atoms with Crippen molar-refractivity contribution in [3.8, 4) is 11.3 Å². The van der Waals surface area contributed by atoms with E-state index in [0.29, 0.717) is 5.69 Å². The van der Waals surface area contributed by atoms with Crippen LogP contribution in [-0.2, 0) is 0 Å². The van der Waals surface area contributed by atoms with Gasteiger partial charge in [0.25, 0.3) is 0 Å². The van der Waals surface area contributed by atoms with Crippen molar-refractivity contribution in [3.63, 3.8) is 0 Å². The number of aromatic nitrogens is 4. The maximum atomic E-state index is 5.63. The summed E-state index contributed by atoms with van der Waals surface area (Å²) in [7, 11) is 0. The van der Waals surface area contributed by atoms with Crippen molar-refractivity contribution < 1.29 is 0 Å². The van der Waals surface area contributed by atoms with E-state index < -0.39 is 0 Å². The van der Waals surface area contributed by atoms with E-state index in [1.54, 1.807) is 29.3 Å². The first-order valence-electron chi connectivity index (χ1n) is 4.85. The maximum Gasteiger partial charge on any atom is 0.164 e. The molecule has 0 unspecified atom stereocenters. The lowest BCUT2D eigenvalue weighted by molar-refractivity contribution is 0.942. The second-order valence-electron chi connectivity index (χ2n) is 3.43. The molecule has 0 aromatic carbocycles. The summed E-state index contributed by atoms with van der Waals surface area (Å²) in [6, 6.07) is 5.73. The van der Waals surface area contributed by atoms with E-state index >= 15 is 0 Å². The van der Waals surface area contributed by atoms with Crippen LogP contribution >= 0.6 is 0 Å². The van der Waals surface area contributed by atoms with Gasteiger partial charge < -0.3 is 5.73 Å². The molecule has 0 fully saturated rings. The first-order chi connectivity index (χ1) is 7.84. The summed E-state index contributed by atoms with van der Waals surface area (Å²) < 4.78 is 1.65. The molecule has 0 saturated carbocycles. The van der Waals surface area contributed by atoms with Crippen LogP contribution in [0.1, 0.15) is 0 Å². The van der Waals surface area contributed by atoms with Gasteiger partial charge in [0, 0.05) is 6.20 Å². The fraction of sp³-hybridized carbons (Fsp3) is 0. The van der Waals surface area contributed by atoms with Crippen LogP contribution < -0.4 is 5.73 Å². The van der Waals surface area contributed by atoms with Crippen molar-refractivity contribution in [2.45, 2.75) is 0 Å². The first kappa shape index (κ1) is 8.84. The third kappa shape index (κ3) is 1.30. The topological polar surface area (TPSA) is 69.1 Å². The number of hydrogen-bond acceptors (Lipinski definition) is 4. The van der Waals surface area contributed by atoms with E-state index in [1.807, 2.05) is 18.2 Å². The summed E-state index contributed by atoms with van der Waals surface area (Å²) in [5.74, 6) is 0. The second kappa shape index (κ2) is 3.30. The van der Waals surface area contributed by atoms with Gasteiger partial charge in [-0.15, -0.1) is 0 Å². The van der Waals surface area contributed by atoms with E-state index in [9.17, 15) is 0 Å². The van der Waals surface area contributed by atoms with Crippen LogP contribution in [0.2, 0.25) is 0 Å². The van der Waals surface area contributed by atoms with Crippen LogP contribution in [0.3, 0.4) is 0 Å². The van der Waals surface area contributed by atoms with Gasteiger partial charge in [-0.05, 0) is 12.1 Å². The fourth-order valence-electron chi connectivity index (χ4n) is 1.59. The van der Waals surface area contributed by atoms with E-state index in [4.69, 9.17) is 5.73 Å². The predicted octanol–water partition coefficient (Wildman–Crippen LogP) is 1.37. The highest BCUT2D eigenvalue weighted by Gasteiger charge is 2.08. The Hall–Kier alpha value is -2.43. The quantitative estimate of drug-likeness (QED) is 0.660. The Kier molecular flexibility index (Phi) is 1.83. The molecule has 3 aromatic rings. The number of nitrogens with two attached hydrogens (primary N) is 1. The van der Waals surface area contributed by atoms with Crippen LogP contribution in [-0.4, -0.2) is 19.6 Å². The maximum absolute atomic E-state index is 5.63. The fourth-order valence-corrected chi connectivity index (χ4v) is 1.59. The largest absolute Gasteiger partial charge is 0.396 e. The number of hydrogen-bond donors (Lipinski definition) is 1. The molecule has 5 nitrogen and oxygen atoms in total. The zero-order valence-corrected chi connectivity index (χ0v) is 8.41. The summed E-state index contributed by atoms with van der Waals surface area (Å²) >= 11 is 0. The molecule has 3 rings (SSSR count). The van der Waals surface area contributed by atoms with Gasteiger partial charge in [0.05, 0.1) is 35.5 Å². The lowest BCUT2D eigenvalue weighted by Gasteiger charge is -1.97. The molecule has 3 heterocycles. The average molecular weight is 211 g/mol. The zero-order chi connectivity index (χ0) is 11.0. The van der Waals surface area contributed by atoms with Gasteiger partial charge in [0.2, 0.25) is 0 Å². The highest BCUT2D eigenvalue weighted by Crippen LogP contribution is 2.20. The number of anilines is 1. The lowest BCUT2D eigenvalue weighted by Crippen LogP contribution is -1.94. The average Bonchev–Trinajstić information content (AvgIpc) is 2.73. The Morgan fingerprint density at radius 3 is 2.88 bits per heavy atom. The highest BCUT2D eigenvalue weighted by atomic mass is 15.2. The third-order valence-electron chi connectivity index (χ3n) is 2.32. The molecule has 0 saturated heterocycles. The minimum absolute atomic E-state index is 0.586. The molecule has 0 bridgehead atoms. The molecule has 0 aliphatic carbocycles. The second-order valence-corrected chi connectivity index (χ2v) is 3.43. The molecule has 2 N–H and O–H groups in total. The Morgan fingerprint density at radius 1 is 1.12 bits per heavy atom. The van der Waals surface area contributed by atoms with E-state index in [-0.39, 0.29) is 0 Å². The van der Waals surface area contributed by atoms with Crippen molar-refractivity contribution in [3.05, 3.63) is 43.0 Å². The summed E-state index contributed by atoms with van der Waals surface area (Å²) in [4.78, 5) is 8.52. The molecule has 0 amide bonds. The molecule has 16 heavy (non-hydrogen) atoms. The minimum atomic E-state index is 0.586. The van der Waals surface area contributed by atoms with Crippen molar-refractivity contribution in [1.29, 1.82) is 0 Å². The van der Waals surface area contributed by atoms with E-state index in [0.717, 1.165) is 16.9 Å². The number of nitrogens with zero attached hydrogens (tertiary/aromatic N) is 4. The van der Waals surface area contributed by atoms with Crippen molar-refractivity contribution >= 4 is 11.3 Å². The summed E-state index contributed by atoms with van der Waals surface area (Å²) in [6.07, 6.45) is 6.83. The zero-order valence-electron chi connectivity index (χ0n) is 8.41. The Balaban J connectivity index is 2.26. The van der Waals surface area contributed by atoms with Crippen molar-refractivity contribution in [2.24, 2.45) is 0 Å². The summed E-state index contributed by atoms with van der Waals surface area (Å²) in [6.45, 7) is 0. The van der Waals surface area contributed by atoms with Crippen molar-refractivity contribution in [1.82, 2.24) is 19.6 Å². The molecule has 0 atom stereocenters. The van der Waals surface area contributed by atoms with Gasteiger partial charge in [-0.1, -0.05) is 6.07 Å². The first-order valence-corrected chi connectivity index (χ1v) is 4.85.